The van der Waals surface area contributed by atoms with Gasteiger partial charge in [0.2, 0.25) is 0 Å². The van der Waals surface area contributed by atoms with Crippen LogP contribution in [0.15, 0.2) is 188 Å². The summed E-state index contributed by atoms with van der Waals surface area (Å²) in [7, 11) is 0. The van der Waals surface area contributed by atoms with E-state index in [9.17, 15) is 0 Å². The minimum absolute atomic E-state index is 0.0209. The quantitative estimate of drug-likeness (QED) is 0.128. The van der Waals surface area contributed by atoms with E-state index < -0.39 is 0 Å². The normalized spacial score (nSPS) is 13.7. The van der Waals surface area contributed by atoms with Gasteiger partial charge in [-0.15, -0.1) is 11.3 Å². The minimum Gasteiger partial charge on any atom is -0.311 e. The SMILES string of the molecule is CC(C)(C)c1ccc(-c2ccc3c(c2)B2c4sc5ccc(C(C)(C)C)cc5c4N(c4ccc(C(C)(C)C)cc4-c4ccc5c6ccccc6c6ccccc6c5c4)c4cccc(c42)N3c2ccccc2C(C)(C)C)cc1. The van der Waals surface area contributed by atoms with Crippen molar-refractivity contribution in [2.45, 2.75) is 105 Å². The number of para-hydroxylation sites is 1. The second-order valence-corrected chi connectivity index (χ2v) is 26.9. The van der Waals surface area contributed by atoms with E-state index in [1.54, 1.807) is 0 Å². The maximum atomic E-state index is 2.69. The third kappa shape index (κ3) is 7.65. The van der Waals surface area contributed by atoms with Gasteiger partial charge in [-0.2, -0.15) is 0 Å². The van der Waals surface area contributed by atoms with E-state index in [1.807, 2.05) is 11.3 Å². The van der Waals surface area contributed by atoms with Crippen molar-refractivity contribution in [3.05, 3.63) is 210 Å². The van der Waals surface area contributed by atoms with Crippen molar-refractivity contribution >= 4 is 110 Å². The summed E-state index contributed by atoms with van der Waals surface area (Å²) >= 11 is 1.98. The zero-order valence-electron chi connectivity index (χ0n) is 46.3. The first-order chi connectivity index (χ1) is 36.2. The molecule has 4 heteroatoms. The van der Waals surface area contributed by atoms with Crippen molar-refractivity contribution in [1.29, 1.82) is 0 Å². The lowest BCUT2D eigenvalue weighted by Crippen LogP contribution is -2.60. The Bertz CT molecular complexity index is 4130. The Morgan fingerprint density at radius 3 is 1.50 bits per heavy atom. The maximum Gasteiger partial charge on any atom is 0.264 e. The fraction of sp³-hybridized carbons (Fsp3) is 0.222. The average Bonchev–Trinajstić information content (AvgIpc) is 3.90. The Labute approximate surface area is 454 Å². The fourth-order valence-electron chi connectivity index (χ4n) is 12.5. The summed E-state index contributed by atoms with van der Waals surface area (Å²) < 4.78 is 2.69. The van der Waals surface area contributed by atoms with Crippen molar-refractivity contribution in [2.24, 2.45) is 0 Å². The lowest BCUT2D eigenvalue weighted by molar-refractivity contribution is 0.590. The standard InChI is InChI=1S/C72H67BN2S/c1-69(2,3)47-32-28-44(29-33-47)45-31-37-62-59(41-45)73-66-63(74(62)61-25-18-17-24-58(61)72(10,11)12)26-19-27-64(66)75(67-57-43-49(71(7,8)9)35-39-65(57)76-68(67)73)60-38-34-48(70(4,5)6)42-55(60)46-30-36-54-52-22-14-13-20-50(52)51-21-15-16-23-53(51)56(54)40-46/h13-43H,1-12H3. The summed E-state index contributed by atoms with van der Waals surface area (Å²) in [5, 5.41) is 9.02. The first kappa shape index (κ1) is 48.3. The highest BCUT2D eigenvalue weighted by molar-refractivity contribution is 7.33. The van der Waals surface area contributed by atoms with Gasteiger partial charge in [0, 0.05) is 43.2 Å². The predicted octanol–water partition coefficient (Wildman–Crippen LogP) is 19.0. The van der Waals surface area contributed by atoms with Crippen molar-refractivity contribution in [2.75, 3.05) is 9.80 Å². The highest BCUT2D eigenvalue weighted by Gasteiger charge is 2.46. The van der Waals surface area contributed by atoms with E-state index >= 15 is 0 Å². The third-order valence-electron chi connectivity index (χ3n) is 16.6. The fourth-order valence-corrected chi connectivity index (χ4v) is 13.8. The third-order valence-corrected chi connectivity index (χ3v) is 17.9. The molecular formula is C72H67BN2S. The summed E-state index contributed by atoms with van der Waals surface area (Å²) in [6.07, 6.45) is 0. The van der Waals surface area contributed by atoms with E-state index in [4.69, 9.17) is 0 Å². The monoisotopic (exact) mass is 1000 g/mol. The molecule has 0 fully saturated rings. The van der Waals surface area contributed by atoms with Crippen LogP contribution in [0.4, 0.5) is 34.1 Å². The highest BCUT2D eigenvalue weighted by atomic mass is 32.1. The molecule has 0 bridgehead atoms. The summed E-state index contributed by atoms with van der Waals surface area (Å²) in [5.74, 6) is 0. The Hall–Kier alpha value is -7.40. The van der Waals surface area contributed by atoms with Gasteiger partial charge in [0.05, 0.1) is 11.4 Å². The molecule has 2 nitrogen and oxygen atoms in total. The summed E-state index contributed by atoms with van der Waals surface area (Å²) in [4.78, 5) is 5.29. The summed E-state index contributed by atoms with van der Waals surface area (Å²) in [6, 6.07) is 72.7. The van der Waals surface area contributed by atoms with Gasteiger partial charge in [0.25, 0.3) is 6.71 Å². The van der Waals surface area contributed by atoms with Gasteiger partial charge >= 0.3 is 0 Å². The van der Waals surface area contributed by atoms with Gasteiger partial charge < -0.3 is 9.80 Å². The zero-order chi connectivity index (χ0) is 52.8. The van der Waals surface area contributed by atoms with E-state index in [0.717, 1.165) is 0 Å². The van der Waals surface area contributed by atoms with Crippen LogP contribution in [-0.2, 0) is 21.7 Å². The molecule has 0 atom stereocenters. The van der Waals surface area contributed by atoms with Gasteiger partial charge in [0.1, 0.15) is 0 Å². The molecule has 2 aliphatic heterocycles. The Kier molecular flexibility index (Phi) is 10.8. The Morgan fingerprint density at radius 1 is 0.342 bits per heavy atom. The lowest BCUT2D eigenvalue weighted by atomic mass is 9.36. The van der Waals surface area contributed by atoms with Crippen molar-refractivity contribution in [3.8, 4) is 22.3 Å². The molecule has 0 amide bonds. The van der Waals surface area contributed by atoms with Gasteiger partial charge in [-0.05, 0) is 158 Å². The molecule has 2 aliphatic rings. The first-order valence-electron chi connectivity index (χ1n) is 27.4. The molecule has 0 spiro atoms. The second-order valence-electron chi connectivity index (χ2n) is 25.8. The van der Waals surface area contributed by atoms with Crippen molar-refractivity contribution < 1.29 is 0 Å². The molecule has 76 heavy (non-hydrogen) atoms. The number of thiophene rings is 1. The summed E-state index contributed by atoms with van der Waals surface area (Å²) in [6.45, 7) is 28.0. The van der Waals surface area contributed by atoms with E-state index in [1.165, 1.54) is 137 Å². The maximum absolute atomic E-state index is 2.69. The molecule has 0 N–H and O–H groups in total. The smallest absolute Gasteiger partial charge is 0.264 e. The molecule has 11 aromatic rings. The van der Waals surface area contributed by atoms with Crippen LogP contribution in [0.5, 0.6) is 0 Å². The predicted molar refractivity (Wildman–Crippen MR) is 334 cm³/mol. The number of hydrogen-bond donors (Lipinski definition) is 0. The van der Waals surface area contributed by atoms with Crippen LogP contribution in [0.1, 0.15) is 105 Å². The average molecular weight is 1000 g/mol. The Morgan fingerprint density at radius 2 is 0.855 bits per heavy atom. The van der Waals surface area contributed by atoms with Crippen LogP contribution in [0.25, 0.3) is 64.7 Å². The van der Waals surface area contributed by atoms with E-state index in [0.29, 0.717) is 0 Å². The van der Waals surface area contributed by atoms with Gasteiger partial charge in [-0.25, -0.2) is 0 Å². The van der Waals surface area contributed by atoms with E-state index in [-0.39, 0.29) is 28.4 Å². The van der Waals surface area contributed by atoms with Crippen molar-refractivity contribution in [3.63, 3.8) is 0 Å². The highest BCUT2D eigenvalue weighted by Crippen LogP contribution is 2.52. The number of benzene rings is 10. The number of nitrogens with zero attached hydrogens (tertiary/aromatic N) is 2. The molecule has 3 heterocycles. The van der Waals surface area contributed by atoms with Gasteiger partial charge in [-0.3, -0.25) is 0 Å². The van der Waals surface area contributed by atoms with Gasteiger partial charge in [-0.1, -0.05) is 217 Å². The van der Waals surface area contributed by atoms with E-state index in [2.05, 4.69) is 281 Å². The molecule has 1 aromatic heterocycles. The zero-order valence-corrected chi connectivity index (χ0v) is 47.1. The molecule has 13 rings (SSSR count). The molecule has 374 valence electrons. The second kappa shape index (κ2) is 17.1. The number of rotatable bonds is 4. The number of anilines is 6. The summed E-state index contributed by atoms with van der Waals surface area (Å²) in [5.41, 5.74) is 20.1. The van der Waals surface area contributed by atoms with Crippen LogP contribution in [0.3, 0.4) is 0 Å². The molecule has 0 aliphatic carbocycles. The molecule has 0 saturated carbocycles. The minimum atomic E-state index is -0.103. The van der Waals surface area contributed by atoms with Crippen LogP contribution in [0, 0.1) is 0 Å². The van der Waals surface area contributed by atoms with Crippen LogP contribution in [-0.4, -0.2) is 6.71 Å². The number of fused-ring (bicyclic) bond motifs is 12. The molecule has 0 unspecified atom stereocenters. The van der Waals surface area contributed by atoms with Gasteiger partial charge in [0.15, 0.2) is 0 Å². The van der Waals surface area contributed by atoms with Crippen LogP contribution in [0.2, 0.25) is 0 Å². The van der Waals surface area contributed by atoms with Crippen LogP contribution < -0.4 is 25.5 Å². The topological polar surface area (TPSA) is 6.48 Å². The number of hydrogen-bond acceptors (Lipinski definition) is 3. The molecule has 10 aromatic carbocycles. The Balaban J connectivity index is 1.13. The largest absolute Gasteiger partial charge is 0.311 e. The molecule has 0 radical (unpaired) electrons. The molecular weight excluding hydrogens is 936 g/mol. The van der Waals surface area contributed by atoms with Crippen molar-refractivity contribution in [1.82, 2.24) is 0 Å². The molecule has 0 saturated heterocycles. The van der Waals surface area contributed by atoms with Crippen LogP contribution >= 0.6 is 11.3 Å². The first-order valence-corrected chi connectivity index (χ1v) is 28.2. The lowest BCUT2D eigenvalue weighted by Gasteiger charge is -2.44.